The van der Waals surface area contributed by atoms with Gasteiger partial charge in [0.1, 0.15) is 12.4 Å². The van der Waals surface area contributed by atoms with E-state index in [9.17, 15) is 4.79 Å². The van der Waals surface area contributed by atoms with Gasteiger partial charge in [-0.2, -0.15) is 0 Å². The van der Waals surface area contributed by atoms with Gasteiger partial charge in [-0.15, -0.1) is 11.3 Å². The summed E-state index contributed by atoms with van der Waals surface area (Å²) in [6.07, 6.45) is 0. The van der Waals surface area contributed by atoms with Crippen LogP contribution in [0, 0.1) is 0 Å². The highest BCUT2D eigenvalue weighted by Gasteiger charge is 2.31. The molecule has 0 saturated carbocycles. The monoisotopic (exact) mass is 414 g/mol. The molecule has 0 bridgehead atoms. The number of hydrogen-bond donors (Lipinski definition) is 1. The maximum absolute atomic E-state index is 13.2. The predicted octanol–water partition coefficient (Wildman–Crippen LogP) is 5.42. The highest BCUT2D eigenvalue weighted by Crippen LogP contribution is 2.29. The summed E-state index contributed by atoms with van der Waals surface area (Å²) >= 11 is 1.53. The lowest BCUT2D eigenvalue weighted by Crippen LogP contribution is -2.44. The van der Waals surface area contributed by atoms with Gasteiger partial charge >= 0.3 is 0 Å². The van der Waals surface area contributed by atoms with Crippen LogP contribution in [0.2, 0.25) is 0 Å². The Kier molecular flexibility index (Phi) is 5.91. The van der Waals surface area contributed by atoms with Crippen molar-refractivity contribution in [3.8, 4) is 5.75 Å². The molecule has 1 aromatic heterocycles. The summed E-state index contributed by atoms with van der Waals surface area (Å²) in [4.78, 5) is 17.4. The molecule has 0 radical (unpaired) electrons. The summed E-state index contributed by atoms with van der Waals surface area (Å²) in [5.41, 5.74) is 4.55. The third-order valence-electron chi connectivity index (χ3n) is 5.03. The average Bonchev–Trinajstić information content (AvgIpc) is 3.33. The van der Waals surface area contributed by atoms with Crippen molar-refractivity contribution in [2.75, 3.05) is 0 Å². The molecule has 0 aliphatic carbocycles. The number of benzene rings is 3. The molecule has 0 unspecified atom stereocenters. The van der Waals surface area contributed by atoms with E-state index < -0.39 is 5.54 Å². The molecule has 4 nitrogen and oxygen atoms in total. The first kappa shape index (κ1) is 19.9. The molecule has 0 aliphatic rings. The van der Waals surface area contributed by atoms with Crippen molar-refractivity contribution in [2.45, 2.75) is 19.1 Å². The zero-order valence-electron chi connectivity index (χ0n) is 16.6. The second-order valence-electron chi connectivity index (χ2n) is 7.11. The first-order valence-electron chi connectivity index (χ1n) is 9.69. The van der Waals surface area contributed by atoms with Gasteiger partial charge in [-0.05, 0) is 36.2 Å². The number of rotatable bonds is 7. The number of ether oxygens (including phenoxy) is 1. The van der Waals surface area contributed by atoms with Crippen LogP contribution in [0.15, 0.2) is 95.8 Å². The maximum atomic E-state index is 13.2. The Bertz CT molecular complexity index is 1060. The topological polar surface area (TPSA) is 51.2 Å². The van der Waals surface area contributed by atoms with E-state index in [0.29, 0.717) is 17.9 Å². The minimum absolute atomic E-state index is 0.163. The number of hydrogen-bond acceptors (Lipinski definition) is 4. The van der Waals surface area contributed by atoms with Crippen LogP contribution in [0.1, 0.15) is 34.1 Å². The first-order chi connectivity index (χ1) is 14.6. The van der Waals surface area contributed by atoms with Gasteiger partial charge in [0, 0.05) is 10.9 Å². The molecule has 1 N–H and O–H groups in total. The van der Waals surface area contributed by atoms with Crippen LogP contribution in [0.25, 0.3) is 0 Å². The Morgan fingerprint density at radius 2 is 1.63 bits per heavy atom. The number of carbonyl (C=O) groups is 1. The van der Waals surface area contributed by atoms with Gasteiger partial charge < -0.3 is 10.1 Å². The summed E-state index contributed by atoms with van der Waals surface area (Å²) in [5.74, 6) is 0.473. The second-order valence-corrected chi connectivity index (χ2v) is 7.83. The van der Waals surface area contributed by atoms with E-state index in [1.165, 1.54) is 11.3 Å². The molecular formula is C25H22N2O2S. The fraction of sp³-hybridized carbons (Fsp3) is 0.120. The summed E-state index contributed by atoms with van der Waals surface area (Å²) in [6, 6.07) is 27.2. The molecule has 5 heteroatoms. The van der Waals surface area contributed by atoms with Gasteiger partial charge in [-0.3, -0.25) is 4.79 Å². The van der Waals surface area contributed by atoms with Crippen molar-refractivity contribution in [1.29, 1.82) is 0 Å². The average molecular weight is 415 g/mol. The Morgan fingerprint density at radius 1 is 0.967 bits per heavy atom. The SMILES string of the molecule is CC(NC(=O)c1cccc(OCc2cscn2)c1)(c1ccccc1)c1ccccc1. The van der Waals surface area contributed by atoms with Crippen molar-refractivity contribution in [1.82, 2.24) is 10.3 Å². The molecule has 0 aliphatic heterocycles. The van der Waals surface area contributed by atoms with Crippen LogP contribution in [0.4, 0.5) is 0 Å². The molecule has 0 spiro atoms. The number of aromatic nitrogens is 1. The second kappa shape index (κ2) is 8.93. The highest BCUT2D eigenvalue weighted by atomic mass is 32.1. The van der Waals surface area contributed by atoms with Crippen molar-refractivity contribution < 1.29 is 9.53 Å². The molecule has 1 amide bonds. The predicted molar refractivity (Wildman–Crippen MR) is 120 cm³/mol. The number of thiazole rings is 1. The van der Waals surface area contributed by atoms with Crippen LogP contribution >= 0.6 is 11.3 Å². The largest absolute Gasteiger partial charge is 0.487 e. The zero-order valence-corrected chi connectivity index (χ0v) is 17.4. The Morgan fingerprint density at radius 3 is 2.23 bits per heavy atom. The van der Waals surface area contributed by atoms with Crippen LogP contribution in [0.5, 0.6) is 5.75 Å². The quantitative estimate of drug-likeness (QED) is 0.440. The molecule has 4 rings (SSSR count). The molecule has 4 aromatic rings. The van der Waals surface area contributed by atoms with Crippen molar-refractivity contribution >= 4 is 17.2 Å². The standard InChI is InChI=1S/C25H22N2O2S/c1-25(20-10-4-2-5-11-20,21-12-6-3-7-13-21)27-24(28)19-9-8-14-23(15-19)29-16-22-17-30-18-26-22/h2-15,17-18H,16H2,1H3,(H,27,28). The molecule has 30 heavy (non-hydrogen) atoms. The lowest BCUT2D eigenvalue weighted by molar-refractivity contribution is 0.0918. The number of amides is 1. The first-order valence-corrected chi connectivity index (χ1v) is 10.6. The number of nitrogens with zero attached hydrogens (tertiary/aromatic N) is 1. The van der Waals surface area contributed by atoms with Gasteiger partial charge in [-0.25, -0.2) is 4.98 Å². The third kappa shape index (κ3) is 4.42. The lowest BCUT2D eigenvalue weighted by Gasteiger charge is -2.32. The smallest absolute Gasteiger partial charge is 0.252 e. The van der Waals surface area contributed by atoms with Crippen LogP contribution < -0.4 is 10.1 Å². The fourth-order valence-electron chi connectivity index (χ4n) is 3.35. The summed E-state index contributed by atoms with van der Waals surface area (Å²) in [7, 11) is 0. The van der Waals surface area contributed by atoms with Crippen molar-refractivity contribution in [3.05, 3.63) is 118 Å². The van der Waals surface area contributed by atoms with E-state index in [2.05, 4.69) is 10.3 Å². The van der Waals surface area contributed by atoms with E-state index in [4.69, 9.17) is 4.74 Å². The molecule has 0 atom stereocenters. The van der Waals surface area contributed by atoms with Gasteiger partial charge in [0.05, 0.1) is 16.7 Å². The minimum Gasteiger partial charge on any atom is -0.487 e. The van der Waals surface area contributed by atoms with Gasteiger partial charge in [0.25, 0.3) is 5.91 Å². The highest BCUT2D eigenvalue weighted by molar-refractivity contribution is 7.07. The van der Waals surface area contributed by atoms with Gasteiger partial charge in [0.2, 0.25) is 0 Å². The third-order valence-corrected chi connectivity index (χ3v) is 5.67. The van der Waals surface area contributed by atoms with E-state index in [1.807, 2.05) is 85.1 Å². The van der Waals surface area contributed by atoms with Gasteiger partial charge in [-0.1, -0.05) is 66.7 Å². The van der Waals surface area contributed by atoms with Crippen LogP contribution in [-0.2, 0) is 12.1 Å². The van der Waals surface area contributed by atoms with Crippen LogP contribution in [0.3, 0.4) is 0 Å². The molecule has 3 aromatic carbocycles. The van der Waals surface area contributed by atoms with E-state index in [0.717, 1.165) is 16.8 Å². The minimum atomic E-state index is -0.670. The van der Waals surface area contributed by atoms with Crippen molar-refractivity contribution in [2.24, 2.45) is 0 Å². The normalized spacial score (nSPS) is 11.1. The zero-order chi connectivity index (χ0) is 20.8. The van der Waals surface area contributed by atoms with Crippen molar-refractivity contribution in [3.63, 3.8) is 0 Å². The van der Waals surface area contributed by atoms with Gasteiger partial charge in [0.15, 0.2) is 0 Å². The molecule has 0 saturated heterocycles. The maximum Gasteiger partial charge on any atom is 0.252 e. The summed E-state index contributed by atoms with van der Waals surface area (Å²) in [5, 5.41) is 5.18. The molecular weight excluding hydrogens is 392 g/mol. The van der Waals surface area contributed by atoms with Crippen LogP contribution in [-0.4, -0.2) is 10.9 Å². The summed E-state index contributed by atoms with van der Waals surface area (Å²) in [6.45, 7) is 2.40. The summed E-state index contributed by atoms with van der Waals surface area (Å²) < 4.78 is 5.80. The Balaban J connectivity index is 1.58. The molecule has 0 fully saturated rings. The molecule has 150 valence electrons. The van der Waals surface area contributed by atoms with E-state index >= 15 is 0 Å². The Labute approximate surface area is 180 Å². The van der Waals surface area contributed by atoms with E-state index in [-0.39, 0.29) is 5.91 Å². The molecule has 1 heterocycles. The fourth-order valence-corrected chi connectivity index (χ4v) is 3.89. The number of nitrogens with one attached hydrogen (secondary N) is 1. The van der Waals surface area contributed by atoms with E-state index in [1.54, 1.807) is 17.6 Å². The Hall–Kier alpha value is -3.44. The lowest BCUT2D eigenvalue weighted by atomic mass is 9.84. The number of carbonyl (C=O) groups excluding carboxylic acids is 1.